The molecule has 1 heterocycles. The van der Waals surface area contributed by atoms with E-state index < -0.39 is 42.2 Å². The van der Waals surface area contributed by atoms with Crippen LogP contribution in [-0.2, 0) is 24.0 Å². The second-order valence-electron chi connectivity index (χ2n) is 10.7. The topological polar surface area (TPSA) is 157 Å². The fourth-order valence-corrected chi connectivity index (χ4v) is 5.19. The molecule has 11 nitrogen and oxygen atoms in total. The number of imide groups is 1. The summed E-state index contributed by atoms with van der Waals surface area (Å²) in [5.41, 5.74) is 0. The van der Waals surface area contributed by atoms with Crippen LogP contribution in [0, 0.1) is 11.8 Å². The normalized spacial score (nSPS) is 18.3. The number of carbonyl (C=O) groups excluding carboxylic acids is 4. The van der Waals surface area contributed by atoms with Gasteiger partial charge in [0.1, 0.15) is 6.04 Å². The Kier molecular flexibility index (Phi) is 14.3. The number of aliphatic carboxylic acids is 1. The van der Waals surface area contributed by atoms with Gasteiger partial charge in [0.2, 0.25) is 23.6 Å². The van der Waals surface area contributed by atoms with Crippen molar-refractivity contribution < 1.29 is 29.1 Å². The number of carbonyl (C=O) groups is 5. The van der Waals surface area contributed by atoms with Crippen LogP contribution in [0.1, 0.15) is 84.5 Å². The standard InChI is InChI=1S/C27H47N5O6/c1-3-32(24(34)11-7-10-20-12-14-28-15-13-20)18-23(33)30-22(16-25(35)36)27(38)31-26(37)19(2)29-17-21-8-5-4-6-9-21/h19-22,28-29H,3-18H2,1-2H3,(H,30,33)(H,35,36)(H,31,37,38)/t19-,22-/m0/s1. The van der Waals surface area contributed by atoms with Crippen LogP contribution >= 0.6 is 0 Å². The van der Waals surface area contributed by atoms with Crippen LogP contribution in [0.5, 0.6) is 0 Å². The number of carboxylic acid groups (broad SMARTS) is 1. The van der Waals surface area contributed by atoms with Crippen molar-refractivity contribution in [3.63, 3.8) is 0 Å². The van der Waals surface area contributed by atoms with Gasteiger partial charge in [-0.3, -0.25) is 29.3 Å². The smallest absolute Gasteiger partial charge is 0.305 e. The minimum atomic E-state index is -1.43. The third-order valence-electron chi connectivity index (χ3n) is 7.64. The van der Waals surface area contributed by atoms with Crippen LogP contribution < -0.4 is 21.3 Å². The van der Waals surface area contributed by atoms with Crippen molar-refractivity contribution in [1.29, 1.82) is 0 Å². The quantitative estimate of drug-likeness (QED) is 0.208. The average molecular weight is 538 g/mol. The predicted molar refractivity (Wildman–Crippen MR) is 143 cm³/mol. The molecule has 5 N–H and O–H groups in total. The molecule has 38 heavy (non-hydrogen) atoms. The Morgan fingerprint density at radius 3 is 2.29 bits per heavy atom. The zero-order chi connectivity index (χ0) is 27.9. The Morgan fingerprint density at radius 2 is 1.66 bits per heavy atom. The summed E-state index contributed by atoms with van der Waals surface area (Å²) in [6.45, 7) is 6.14. The van der Waals surface area contributed by atoms with E-state index >= 15 is 0 Å². The van der Waals surface area contributed by atoms with Crippen molar-refractivity contribution in [2.45, 2.75) is 96.6 Å². The largest absolute Gasteiger partial charge is 0.481 e. The molecule has 1 saturated heterocycles. The number of carboxylic acids is 1. The van der Waals surface area contributed by atoms with Gasteiger partial charge in [-0.15, -0.1) is 0 Å². The molecule has 11 heteroatoms. The van der Waals surface area contributed by atoms with E-state index in [-0.39, 0.29) is 12.5 Å². The maximum absolute atomic E-state index is 12.7. The van der Waals surface area contributed by atoms with Gasteiger partial charge >= 0.3 is 5.97 Å². The number of nitrogens with zero attached hydrogens (tertiary/aromatic N) is 1. The Balaban J connectivity index is 1.81. The molecule has 4 amide bonds. The minimum absolute atomic E-state index is 0.149. The molecule has 1 saturated carbocycles. The summed E-state index contributed by atoms with van der Waals surface area (Å²) >= 11 is 0. The third-order valence-corrected chi connectivity index (χ3v) is 7.64. The van der Waals surface area contributed by atoms with Gasteiger partial charge in [0.05, 0.1) is 19.0 Å². The maximum atomic E-state index is 12.7. The molecule has 216 valence electrons. The first-order valence-corrected chi connectivity index (χ1v) is 14.3. The van der Waals surface area contributed by atoms with Gasteiger partial charge in [-0.05, 0) is 83.8 Å². The first-order valence-electron chi connectivity index (χ1n) is 14.3. The molecule has 0 aromatic rings. The molecule has 0 radical (unpaired) electrons. The number of amides is 4. The molecule has 0 unspecified atom stereocenters. The van der Waals surface area contributed by atoms with E-state index in [1.54, 1.807) is 13.8 Å². The molecule has 2 aliphatic rings. The first kappa shape index (κ1) is 31.7. The highest BCUT2D eigenvalue weighted by molar-refractivity contribution is 6.02. The van der Waals surface area contributed by atoms with Gasteiger partial charge in [0.25, 0.3) is 0 Å². The van der Waals surface area contributed by atoms with Crippen LogP contribution in [0.4, 0.5) is 0 Å². The molecule has 2 fully saturated rings. The van der Waals surface area contributed by atoms with E-state index in [0.29, 0.717) is 31.3 Å². The molecule has 2 atom stereocenters. The number of hydrogen-bond acceptors (Lipinski definition) is 7. The summed E-state index contributed by atoms with van der Waals surface area (Å²) in [4.78, 5) is 63.2. The van der Waals surface area contributed by atoms with Crippen LogP contribution in [0.3, 0.4) is 0 Å². The van der Waals surface area contributed by atoms with Gasteiger partial charge in [-0.25, -0.2) is 0 Å². The minimum Gasteiger partial charge on any atom is -0.481 e. The first-order chi connectivity index (χ1) is 18.2. The second-order valence-corrected chi connectivity index (χ2v) is 10.7. The Morgan fingerprint density at radius 1 is 0.974 bits per heavy atom. The fourth-order valence-electron chi connectivity index (χ4n) is 5.19. The molecular formula is C27H47N5O6. The zero-order valence-electron chi connectivity index (χ0n) is 23.1. The maximum Gasteiger partial charge on any atom is 0.305 e. The van der Waals surface area contributed by atoms with Crippen molar-refractivity contribution in [3.05, 3.63) is 0 Å². The lowest BCUT2D eigenvalue weighted by Crippen LogP contribution is -2.54. The van der Waals surface area contributed by atoms with E-state index in [9.17, 15) is 29.1 Å². The SMILES string of the molecule is CCN(CC(=O)N[C@@H](CC(=O)O)C(=O)NC(=O)[C@H](C)NCC1CCCCC1)C(=O)CCCC1CCNCC1. The van der Waals surface area contributed by atoms with E-state index in [0.717, 1.165) is 51.6 Å². The van der Waals surface area contributed by atoms with E-state index in [4.69, 9.17) is 0 Å². The van der Waals surface area contributed by atoms with Gasteiger partial charge in [-0.2, -0.15) is 0 Å². The number of hydrogen-bond donors (Lipinski definition) is 5. The summed E-state index contributed by atoms with van der Waals surface area (Å²) in [6, 6.07) is -2.07. The molecule has 1 aliphatic heterocycles. The predicted octanol–water partition coefficient (Wildman–Crippen LogP) is 1.17. The Hall–Kier alpha value is -2.53. The number of piperidine rings is 1. The summed E-state index contributed by atoms with van der Waals surface area (Å²) in [7, 11) is 0. The number of rotatable bonds is 15. The summed E-state index contributed by atoms with van der Waals surface area (Å²) in [5, 5.41) is 20.3. The molecule has 1 aliphatic carbocycles. The lowest BCUT2D eigenvalue weighted by atomic mass is 9.89. The lowest BCUT2D eigenvalue weighted by Gasteiger charge is -2.25. The zero-order valence-corrected chi connectivity index (χ0v) is 23.1. The van der Waals surface area contributed by atoms with Gasteiger partial charge in [-0.1, -0.05) is 19.3 Å². The van der Waals surface area contributed by atoms with Crippen LogP contribution in [0.2, 0.25) is 0 Å². The second kappa shape index (κ2) is 17.1. The fraction of sp³-hybridized carbons (Fsp3) is 0.815. The highest BCUT2D eigenvalue weighted by atomic mass is 16.4. The van der Waals surface area contributed by atoms with Crippen molar-refractivity contribution >= 4 is 29.6 Å². The van der Waals surface area contributed by atoms with Gasteiger partial charge in [0, 0.05) is 13.0 Å². The highest BCUT2D eigenvalue weighted by Crippen LogP contribution is 2.23. The van der Waals surface area contributed by atoms with Crippen LogP contribution in [0.15, 0.2) is 0 Å². The molecule has 2 rings (SSSR count). The Labute approximate surface area is 226 Å². The highest BCUT2D eigenvalue weighted by Gasteiger charge is 2.28. The molecule has 0 aromatic carbocycles. The van der Waals surface area contributed by atoms with Crippen molar-refractivity contribution in [2.75, 3.05) is 32.7 Å². The van der Waals surface area contributed by atoms with Crippen molar-refractivity contribution in [2.24, 2.45) is 11.8 Å². The summed E-state index contributed by atoms with van der Waals surface area (Å²) in [5.74, 6) is -2.42. The Bertz CT molecular complexity index is 795. The van der Waals surface area contributed by atoms with Crippen LogP contribution in [-0.4, -0.2) is 84.4 Å². The van der Waals surface area contributed by atoms with E-state index in [1.807, 2.05) is 0 Å². The molecular weight excluding hydrogens is 490 g/mol. The van der Waals surface area contributed by atoms with Crippen molar-refractivity contribution in [3.8, 4) is 0 Å². The van der Waals surface area contributed by atoms with Gasteiger partial charge < -0.3 is 26.0 Å². The van der Waals surface area contributed by atoms with Crippen molar-refractivity contribution in [1.82, 2.24) is 26.2 Å². The lowest BCUT2D eigenvalue weighted by molar-refractivity contribution is -0.143. The summed E-state index contributed by atoms with van der Waals surface area (Å²) < 4.78 is 0. The summed E-state index contributed by atoms with van der Waals surface area (Å²) in [6.07, 6.45) is 9.43. The monoisotopic (exact) mass is 537 g/mol. The number of nitrogens with one attached hydrogen (secondary N) is 4. The van der Waals surface area contributed by atoms with Crippen LogP contribution in [0.25, 0.3) is 0 Å². The van der Waals surface area contributed by atoms with Gasteiger partial charge in [0.15, 0.2) is 0 Å². The molecule has 0 aromatic heterocycles. The average Bonchev–Trinajstić information content (AvgIpc) is 2.90. The number of likely N-dealkylation sites (N-methyl/N-ethyl adjacent to an activating group) is 1. The molecule has 0 bridgehead atoms. The third kappa shape index (κ3) is 11.9. The van der Waals surface area contributed by atoms with E-state index in [2.05, 4.69) is 21.3 Å². The molecule has 0 spiro atoms. The van der Waals surface area contributed by atoms with E-state index in [1.165, 1.54) is 24.2 Å².